The van der Waals surface area contributed by atoms with E-state index in [1.54, 1.807) is 6.07 Å². The third kappa shape index (κ3) is 2.53. The molecule has 0 bridgehead atoms. The van der Waals surface area contributed by atoms with Crippen LogP contribution >= 0.6 is 0 Å². The SMILES string of the molecule is Cc1ccc(O)c(CC(C)(C#N)N(C)C)c1. The second-order valence-corrected chi connectivity index (χ2v) is 4.59. The van der Waals surface area contributed by atoms with E-state index in [-0.39, 0.29) is 5.75 Å². The Hall–Kier alpha value is -1.53. The van der Waals surface area contributed by atoms with E-state index < -0.39 is 5.54 Å². The first kappa shape index (κ1) is 12.5. The van der Waals surface area contributed by atoms with Gasteiger partial charge in [-0.05, 0) is 39.6 Å². The fourth-order valence-electron chi connectivity index (χ4n) is 1.52. The predicted octanol–water partition coefficient (Wildman–Crippen LogP) is 2.09. The molecule has 1 aromatic carbocycles. The maximum atomic E-state index is 9.75. The van der Waals surface area contributed by atoms with Crippen molar-refractivity contribution >= 4 is 0 Å². The second kappa shape index (κ2) is 4.54. The molecular formula is C13H18N2O. The van der Waals surface area contributed by atoms with Crippen LogP contribution in [0.25, 0.3) is 0 Å². The number of benzene rings is 1. The highest BCUT2D eigenvalue weighted by molar-refractivity contribution is 5.37. The van der Waals surface area contributed by atoms with Crippen LogP contribution in [-0.2, 0) is 6.42 Å². The summed E-state index contributed by atoms with van der Waals surface area (Å²) in [5, 5.41) is 19.0. The predicted molar refractivity (Wildman–Crippen MR) is 64.3 cm³/mol. The topological polar surface area (TPSA) is 47.3 Å². The smallest absolute Gasteiger partial charge is 0.118 e. The summed E-state index contributed by atoms with van der Waals surface area (Å²) in [7, 11) is 3.74. The summed E-state index contributed by atoms with van der Waals surface area (Å²) in [6.45, 7) is 3.84. The number of aryl methyl sites for hydroxylation is 1. The third-order valence-electron chi connectivity index (χ3n) is 3.00. The number of rotatable bonds is 3. The minimum Gasteiger partial charge on any atom is -0.508 e. The maximum absolute atomic E-state index is 9.75. The van der Waals surface area contributed by atoms with E-state index in [0.29, 0.717) is 6.42 Å². The van der Waals surface area contributed by atoms with Crippen LogP contribution in [-0.4, -0.2) is 29.6 Å². The van der Waals surface area contributed by atoms with Gasteiger partial charge < -0.3 is 5.11 Å². The number of hydrogen-bond donors (Lipinski definition) is 1. The van der Waals surface area contributed by atoms with E-state index in [1.807, 2.05) is 45.0 Å². The molecule has 0 spiro atoms. The largest absolute Gasteiger partial charge is 0.508 e. The van der Waals surface area contributed by atoms with Crippen LogP contribution in [0.1, 0.15) is 18.1 Å². The zero-order valence-corrected chi connectivity index (χ0v) is 10.3. The minimum absolute atomic E-state index is 0.258. The van der Waals surface area contributed by atoms with Gasteiger partial charge in [-0.3, -0.25) is 4.90 Å². The van der Waals surface area contributed by atoms with E-state index in [0.717, 1.165) is 11.1 Å². The standard InChI is InChI=1S/C13H18N2O/c1-10-5-6-12(16)11(7-10)8-13(2,9-14)15(3)4/h5-7,16H,8H2,1-4H3. The van der Waals surface area contributed by atoms with Crippen LogP contribution < -0.4 is 0 Å². The Kier molecular flexibility index (Phi) is 3.56. The maximum Gasteiger partial charge on any atom is 0.118 e. The lowest BCUT2D eigenvalue weighted by molar-refractivity contribution is 0.235. The number of phenolic OH excluding ortho intramolecular Hbond substituents is 1. The van der Waals surface area contributed by atoms with E-state index in [1.165, 1.54) is 0 Å². The van der Waals surface area contributed by atoms with Crippen molar-refractivity contribution in [3.63, 3.8) is 0 Å². The summed E-state index contributed by atoms with van der Waals surface area (Å²) >= 11 is 0. The van der Waals surface area contributed by atoms with Crippen molar-refractivity contribution in [2.75, 3.05) is 14.1 Å². The summed E-state index contributed by atoms with van der Waals surface area (Å²) < 4.78 is 0. The Morgan fingerprint density at radius 3 is 2.56 bits per heavy atom. The normalized spacial score (nSPS) is 14.5. The molecule has 0 heterocycles. The highest BCUT2D eigenvalue weighted by Crippen LogP contribution is 2.25. The Bertz CT molecular complexity index is 420. The van der Waals surface area contributed by atoms with Crippen molar-refractivity contribution < 1.29 is 5.11 Å². The van der Waals surface area contributed by atoms with Crippen molar-refractivity contribution in [3.05, 3.63) is 29.3 Å². The fraction of sp³-hybridized carbons (Fsp3) is 0.462. The van der Waals surface area contributed by atoms with E-state index in [4.69, 9.17) is 0 Å². The van der Waals surface area contributed by atoms with Crippen molar-refractivity contribution in [3.8, 4) is 11.8 Å². The Morgan fingerprint density at radius 2 is 2.06 bits per heavy atom. The van der Waals surface area contributed by atoms with Crippen molar-refractivity contribution in [2.45, 2.75) is 25.8 Å². The van der Waals surface area contributed by atoms with Crippen molar-refractivity contribution in [2.24, 2.45) is 0 Å². The van der Waals surface area contributed by atoms with Crippen LogP contribution in [0.3, 0.4) is 0 Å². The molecule has 16 heavy (non-hydrogen) atoms. The molecule has 3 nitrogen and oxygen atoms in total. The molecule has 0 radical (unpaired) electrons. The summed E-state index contributed by atoms with van der Waals surface area (Å²) in [4.78, 5) is 1.87. The molecule has 1 unspecified atom stereocenters. The first-order valence-electron chi connectivity index (χ1n) is 5.26. The summed E-state index contributed by atoms with van der Waals surface area (Å²) in [6, 6.07) is 7.75. The quantitative estimate of drug-likeness (QED) is 0.845. The Morgan fingerprint density at radius 1 is 1.44 bits per heavy atom. The number of phenols is 1. The van der Waals surface area contributed by atoms with Gasteiger partial charge in [-0.2, -0.15) is 5.26 Å². The second-order valence-electron chi connectivity index (χ2n) is 4.59. The van der Waals surface area contributed by atoms with Crippen LogP contribution in [0.5, 0.6) is 5.75 Å². The Labute approximate surface area is 96.9 Å². The summed E-state index contributed by atoms with van der Waals surface area (Å²) in [5.41, 5.74) is 1.32. The van der Waals surface area contributed by atoms with Gasteiger partial charge >= 0.3 is 0 Å². The third-order valence-corrected chi connectivity index (χ3v) is 3.00. The van der Waals surface area contributed by atoms with Crippen molar-refractivity contribution in [1.29, 1.82) is 5.26 Å². The lowest BCUT2D eigenvalue weighted by atomic mass is 9.92. The molecule has 0 saturated heterocycles. The monoisotopic (exact) mass is 218 g/mol. The number of nitrogens with zero attached hydrogens (tertiary/aromatic N) is 2. The number of likely N-dealkylation sites (N-methyl/N-ethyl adjacent to an activating group) is 1. The molecule has 0 amide bonds. The molecule has 1 N–H and O–H groups in total. The highest BCUT2D eigenvalue weighted by atomic mass is 16.3. The Balaban J connectivity index is 3.04. The molecular weight excluding hydrogens is 200 g/mol. The van der Waals surface area contributed by atoms with Crippen LogP contribution in [0.4, 0.5) is 0 Å². The highest BCUT2D eigenvalue weighted by Gasteiger charge is 2.27. The van der Waals surface area contributed by atoms with E-state index in [2.05, 4.69) is 6.07 Å². The molecule has 86 valence electrons. The van der Waals surface area contributed by atoms with Crippen molar-refractivity contribution in [1.82, 2.24) is 4.90 Å². The average molecular weight is 218 g/mol. The van der Waals surface area contributed by atoms with Crippen LogP contribution in [0.15, 0.2) is 18.2 Å². The number of aromatic hydroxyl groups is 1. The van der Waals surface area contributed by atoms with Gasteiger partial charge in [0, 0.05) is 6.42 Å². The zero-order chi connectivity index (χ0) is 12.3. The summed E-state index contributed by atoms with van der Waals surface area (Å²) in [5.74, 6) is 0.258. The molecule has 0 aliphatic carbocycles. The zero-order valence-electron chi connectivity index (χ0n) is 10.3. The van der Waals surface area contributed by atoms with E-state index in [9.17, 15) is 10.4 Å². The molecule has 1 aromatic rings. The lowest BCUT2D eigenvalue weighted by Gasteiger charge is -2.29. The van der Waals surface area contributed by atoms with Gasteiger partial charge in [-0.15, -0.1) is 0 Å². The average Bonchev–Trinajstić information content (AvgIpc) is 2.23. The first-order valence-corrected chi connectivity index (χ1v) is 5.26. The fourth-order valence-corrected chi connectivity index (χ4v) is 1.52. The van der Waals surface area contributed by atoms with Gasteiger partial charge in [-0.1, -0.05) is 17.7 Å². The van der Waals surface area contributed by atoms with Gasteiger partial charge in [0.05, 0.1) is 6.07 Å². The number of nitriles is 1. The molecule has 0 aromatic heterocycles. The molecule has 1 rings (SSSR count). The molecule has 1 atom stereocenters. The van der Waals surface area contributed by atoms with Crippen LogP contribution in [0, 0.1) is 18.3 Å². The first-order chi connectivity index (χ1) is 7.39. The van der Waals surface area contributed by atoms with E-state index >= 15 is 0 Å². The minimum atomic E-state index is -0.592. The van der Waals surface area contributed by atoms with Gasteiger partial charge in [-0.25, -0.2) is 0 Å². The lowest BCUT2D eigenvalue weighted by Crippen LogP contribution is -2.41. The van der Waals surface area contributed by atoms with Gasteiger partial charge in [0.25, 0.3) is 0 Å². The van der Waals surface area contributed by atoms with Gasteiger partial charge in [0.2, 0.25) is 0 Å². The number of hydrogen-bond acceptors (Lipinski definition) is 3. The molecule has 0 aliphatic heterocycles. The molecule has 0 fully saturated rings. The molecule has 0 aliphatic rings. The molecule has 0 saturated carbocycles. The van der Waals surface area contributed by atoms with Gasteiger partial charge in [0.15, 0.2) is 0 Å². The van der Waals surface area contributed by atoms with Gasteiger partial charge in [0.1, 0.15) is 11.3 Å². The van der Waals surface area contributed by atoms with Crippen LogP contribution in [0.2, 0.25) is 0 Å². The molecule has 3 heteroatoms. The summed E-state index contributed by atoms with van der Waals surface area (Å²) in [6.07, 6.45) is 0.518.